The fraction of sp³-hybridized carbons (Fsp3) is 0.611. The van der Waals surface area contributed by atoms with Crippen LogP contribution in [0.5, 0.6) is 0 Å². The molecule has 3 rings (SSSR count). The van der Waals surface area contributed by atoms with Crippen LogP contribution in [0.25, 0.3) is 0 Å². The van der Waals surface area contributed by atoms with E-state index in [1.54, 1.807) is 0 Å². The van der Waals surface area contributed by atoms with Gasteiger partial charge < -0.3 is 5.32 Å². The SMILES string of the molecule is O=C(CN(CC1CCCCC1)C1CC1)Nc1ccc(F)cc1Cl. The van der Waals surface area contributed by atoms with Gasteiger partial charge in [-0.05, 0) is 49.8 Å². The van der Waals surface area contributed by atoms with Gasteiger partial charge in [0.25, 0.3) is 0 Å². The normalized spacial score (nSPS) is 19.1. The summed E-state index contributed by atoms with van der Waals surface area (Å²) in [5.41, 5.74) is 0.478. The van der Waals surface area contributed by atoms with Gasteiger partial charge in [0.15, 0.2) is 0 Å². The molecule has 5 heteroatoms. The van der Waals surface area contributed by atoms with Gasteiger partial charge in [-0.15, -0.1) is 0 Å². The van der Waals surface area contributed by atoms with Gasteiger partial charge in [-0.1, -0.05) is 30.9 Å². The summed E-state index contributed by atoms with van der Waals surface area (Å²) in [6.07, 6.45) is 8.95. The highest BCUT2D eigenvalue weighted by Gasteiger charge is 2.32. The van der Waals surface area contributed by atoms with Crippen molar-refractivity contribution < 1.29 is 9.18 Å². The van der Waals surface area contributed by atoms with Crippen LogP contribution in [-0.4, -0.2) is 29.9 Å². The summed E-state index contributed by atoms with van der Waals surface area (Å²) in [5.74, 6) is 0.262. The van der Waals surface area contributed by atoms with E-state index in [0.29, 0.717) is 18.3 Å². The molecule has 0 bridgehead atoms. The zero-order valence-electron chi connectivity index (χ0n) is 13.4. The third-order valence-electron chi connectivity index (χ3n) is 4.83. The lowest BCUT2D eigenvalue weighted by molar-refractivity contribution is -0.117. The van der Waals surface area contributed by atoms with Crippen LogP contribution in [0.15, 0.2) is 18.2 Å². The first kappa shape index (κ1) is 16.7. The first-order chi connectivity index (χ1) is 11.1. The van der Waals surface area contributed by atoms with Crippen LogP contribution >= 0.6 is 11.6 Å². The third kappa shape index (κ3) is 4.92. The Labute approximate surface area is 142 Å². The van der Waals surface area contributed by atoms with E-state index in [1.165, 1.54) is 63.1 Å². The van der Waals surface area contributed by atoms with Crippen LogP contribution in [0.2, 0.25) is 5.02 Å². The molecule has 1 aromatic rings. The third-order valence-corrected chi connectivity index (χ3v) is 5.15. The fourth-order valence-electron chi connectivity index (χ4n) is 3.45. The van der Waals surface area contributed by atoms with E-state index in [4.69, 9.17) is 11.6 Å². The van der Waals surface area contributed by atoms with Crippen LogP contribution in [0.3, 0.4) is 0 Å². The lowest BCUT2D eigenvalue weighted by Crippen LogP contribution is -2.38. The van der Waals surface area contributed by atoms with Crippen molar-refractivity contribution in [2.24, 2.45) is 5.92 Å². The molecule has 0 aromatic heterocycles. The highest BCUT2D eigenvalue weighted by atomic mass is 35.5. The molecular weight excluding hydrogens is 315 g/mol. The Morgan fingerprint density at radius 3 is 2.61 bits per heavy atom. The number of carbonyl (C=O) groups excluding carboxylic acids is 1. The molecule has 2 aliphatic rings. The summed E-state index contributed by atoms with van der Waals surface area (Å²) >= 11 is 5.97. The van der Waals surface area contributed by atoms with Gasteiger partial charge in [-0.2, -0.15) is 0 Å². The van der Waals surface area contributed by atoms with Crippen molar-refractivity contribution in [3.05, 3.63) is 29.0 Å². The first-order valence-corrected chi connectivity index (χ1v) is 8.98. The van der Waals surface area contributed by atoms with E-state index in [1.807, 2.05) is 0 Å². The second-order valence-corrected chi connectivity index (χ2v) is 7.24. The predicted octanol–water partition coefficient (Wildman–Crippen LogP) is 4.46. The van der Waals surface area contributed by atoms with Crippen LogP contribution < -0.4 is 5.32 Å². The minimum absolute atomic E-state index is 0.0683. The number of carbonyl (C=O) groups is 1. The minimum atomic E-state index is -0.398. The van der Waals surface area contributed by atoms with E-state index in [0.717, 1.165) is 12.5 Å². The Morgan fingerprint density at radius 2 is 1.96 bits per heavy atom. The molecule has 2 fully saturated rings. The van der Waals surface area contributed by atoms with Crippen molar-refractivity contribution in [1.82, 2.24) is 4.90 Å². The molecule has 0 saturated heterocycles. The molecule has 0 radical (unpaired) electrons. The maximum Gasteiger partial charge on any atom is 0.238 e. The Morgan fingerprint density at radius 1 is 1.22 bits per heavy atom. The van der Waals surface area contributed by atoms with Crippen LogP contribution in [0.1, 0.15) is 44.9 Å². The number of hydrogen-bond donors (Lipinski definition) is 1. The van der Waals surface area contributed by atoms with Crippen molar-refractivity contribution >= 4 is 23.2 Å². The van der Waals surface area contributed by atoms with Crippen molar-refractivity contribution in [2.45, 2.75) is 51.0 Å². The quantitative estimate of drug-likeness (QED) is 0.830. The molecule has 1 amide bonds. The van der Waals surface area contributed by atoms with Crippen molar-refractivity contribution in [1.29, 1.82) is 0 Å². The predicted molar refractivity (Wildman–Crippen MR) is 91.2 cm³/mol. The van der Waals surface area contributed by atoms with E-state index in [-0.39, 0.29) is 10.9 Å². The van der Waals surface area contributed by atoms with Crippen LogP contribution in [-0.2, 0) is 4.79 Å². The number of halogens is 2. The first-order valence-electron chi connectivity index (χ1n) is 8.61. The fourth-order valence-corrected chi connectivity index (χ4v) is 3.66. The molecule has 2 aliphatic carbocycles. The number of nitrogens with zero attached hydrogens (tertiary/aromatic N) is 1. The van der Waals surface area contributed by atoms with E-state index in [2.05, 4.69) is 10.2 Å². The molecule has 0 aliphatic heterocycles. The second kappa shape index (κ2) is 7.63. The maximum atomic E-state index is 13.1. The molecule has 0 heterocycles. The number of nitrogens with one attached hydrogen (secondary N) is 1. The molecule has 3 nitrogen and oxygen atoms in total. The zero-order chi connectivity index (χ0) is 16.2. The average Bonchev–Trinajstić information content (AvgIpc) is 3.35. The molecule has 23 heavy (non-hydrogen) atoms. The largest absolute Gasteiger partial charge is 0.324 e. The number of rotatable bonds is 6. The van der Waals surface area contributed by atoms with Gasteiger partial charge in [0.05, 0.1) is 17.3 Å². The standard InChI is InChI=1S/C18H24ClFN2O/c19-16-10-14(20)6-9-17(16)21-18(23)12-22(15-7-8-15)11-13-4-2-1-3-5-13/h6,9-10,13,15H,1-5,7-8,11-12H2,(H,21,23). The van der Waals surface area contributed by atoms with Crippen molar-refractivity contribution in [3.8, 4) is 0 Å². The highest BCUT2D eigenvalue weighted by molar-refractivity contribution is 6.33. The minimum Gasteiger partial charge on any atom is -0.324 e. The molecule has 0 unspecified atom stereocenters. The van der Waals surface area contributed by atoms with Gasteiger partial charge in [-0.3, -0.25) is 9.69 Å². The molecule has 1 aromatic carbocycles. The van der Waals surface area contributed by atoms with Gasteiger partial charge in [-0.25, -0.2) is 4.39 Å². The van der Waals surface area contributed by atoms with E-state index < -0.39 is 5.82 Å². The molecule has 0 atom stereocenters. The monoisotopic (exact) mass is 338 g/mol. The molecule has 126 valence electrons. The smallest absolute Gasteiger partial charge is 0.238 e. The lowest BCUT2D eigenvalue weighted by atomic mass is 9.89. The summed E-state index contributed by atoms with van der Waals surface area (Å²) in [4.78, 5) is 14.7. The molecule has 2 saturated carbocycles. The number of anilines is 1. The summed E-state index contributed by atoms with van der Waals surface area (Å²) in [7, 11) is 0. The zero-order valence-corrected chi connectivity index (χ0v) is 14.1. The number of benzene rings is 1. The van der Waals surface area contributed by atoms with Crippen molar-refractivity contribution in [3.63, 3.8) is 0 Å². The molecule has 1 N–H and O–H groups in total. The van der Waals surface area contributed by atoms with Gasteiger partial charge >= 0.3 is 0 Å². The maximum absolute atomic E-state index is 13.1. The topological polar surface area (TPSA) is 32.3 Å². The van der Waals surface area contributed by atoms with Crippen molar-refractivity contribution in [2.75, 3.05) is 18.4 Å². The van der Waals surface area contributed by atoms with Gasteiger partial charge in [0, 0.05) is 12.6 Å². The number of hydrogen-bond acceptors (Lipinski definition) is 2. The van der Waals surface area contributed by atoms with E-state index >= 15 is 0 Å². The summed E-state index contributed by atoms with van der Waals surface area (Å²) in [6, 6.07) is 4.60. The van der Waals surface area contributed by atoms with Gasteiger partial charge in [0.1, 0.15) is 5.82 Å². The van der Waals surface area contributed by atoms with Gasteiger partial charge in [0.2, 0.25) is 5.91 Å². The highest BCUT2D eigenvalue weighted by Crippen LogP contribution is 2.31. The molecular formula is C18H24ClFN2O. The number of amides is 1. The Bertz CT molecular complexity index is 556. The Kier molecular flexibility index (Phi) is 5.54. The molecule has 0 spiro atoms. The average molecular weight is 339 g/mol. The second-order valence-electron chi connectivity index (χ2n) is 6.84. The van der Waals surface area contributed by atoms with E-state index in [9.17, 15) is 9.18 Å². The van der Waals surface area contributed by atoms with Crippen LogP contribution in [0.4, 0.5) is 10.1 Å². The lowest BCUT2D eigenvalue weighted by Gasteiger charge is -2.29. The summed E-state index contributed by atoms with van der Waals surface area (Å²) in [5, 5.41) is 3.05. The Balaban J connectivity index is 1.55. The summed E-state index contributed by atoms with van der Waals surface area (Å²) < 4.78 is 13.1. The van der Waals surface area contributed by atoms with Crippen LogP contribution in [0, 0.1) is 11.7 Å². The summed E-state index contributed by atoms with van der Waals surface area (Å²) in [6.45, 7) is 1.42. The Hall–Kier alpha value is -1.13.